The first kappa shape index (κ1) is 18.0. The SMILES string of the molecule is CCC(CCNC(=O)CC1CCCCCC1)CCC(=O)O. The molecule has 1 saturated carbocycles. The Hall–Kier alpha value is -1.06. The Morgan fingerprint density at radius 3 is 2.38 bits per heavy atom. The van der Waals surface area contributed by atoms with E-state index in [9.17, 15) is 9.59 Å². The molecule has 0 aromatic rings. The standard InChI is InChI=1S/C17H31NO3/c1-2-14(9-10-17(20)21)11-12-18-16(19)13-15-7-5-3-4-6-8-15/h14-15H,2-13H2,1H3,(H,18,19)(H,20,21). The van der Waals surface area contributed by atoms with Crippen LogP contribution in [0.3, 0.4) is 0 Å². The summed E-state index contributed by atoms with van der Waals surface area (Å²) in [6, 6.07) is 0. The topological polar surface area (TPSA) is 66.4 Å². The number of amides is 1. The molecule has 0 saturated heterocycles. The Balaban J connectivity index is 2.14. The average Bonchev–Trinajstić information content (AvgIpc) is 2.71. The Morgan fingerprint density at radius 1 is 1.14 bits per heavy atom. The molecule has 0 aromatic carbocycles. The van der Waals surface area contributed by atoms with Gasteiger partial charge in [0.1, 0.15) is 0 Å². The molecule has 1 fully saturated rings. The number of nitrogens with one attached hydrogen (secondary N) is 1. The van der Waals surface area contributed by atoms with Gasteiger partial charge in [0, 0.05) is 19.4 Å². The van der Waals surface area contributed by atoms with E-state index in [4.69, 9.17) is 5.11 Å². The first-order valence-electron chi connectivity index (χ1n) is 8.60. The van der Waals surface area contributed by atoms with Gasteiger partial charge >= 0.3 is 5.97 Å². The molecule has 0 spiro atoms. The minimum absolute atomic E-state index is 0.176. The summed E-state index contributed by atoms with van der Waals surface area (Å²) < 4.78 is 0. The van der Waals surface area contributed by atoms with Crippen LogP contribution in [0.2, 0.25) is 0 Å². The van der Waals surface area contributed by atoms with Gasteiger partial charge < -0.3 is 10.4 Å². The Bertz CT molecular complexity index is 309. The maximum absolute atomic E-state index is 12.0. The number of aliphatic carboxylic acids is 1. The maximum Gasteiger partial charge on any atom is 0.303 e. The van der Waals surface area contributed by atoms with Crippen molar-refractivity contribution >= 4 is 11.9 Å². The first-order valence-corrected chi connectivity index (χ1v) is 8.60. The normalized spacial score (nSPS) is 18.0. The fourth-order valence-corrected chi connectivity index (χ4v) is 3.20. The quantitative estimate of drug-likeness (QED) is 0.637. The van der Waals surface area contributed by atoms with Gasteiger partial charge in [-0.15, -0.1) is 0 Å². The minimum Gasteiger partial charge on any atom is -0.481 e. The predicted molar refractivity (Wildman–Crippen MR) is 84.1 cm³/mol. The molecule has 0 radical (unpaired) electrons. The second kappa shape index (κ2) is 10.6. The zero-order valence-electron chi connectivity index (χ0n) is 13.4. The zero-order chi connectivity index (χ0) is 15.5. The molecule has 0 bridgehead atoms. The van der Waals surface area contributed by atoms with Gasteiger partial charge in [-0.05, 0) is 37.5 Å². The molecule has 1 unspecified atom stereocenters. The predicted octanol–water partition coefficient (Wildman–Crippen LogP) is 3.74. The highest BCUT2D eigenvalue weighted by Gasteiger charge is 2.16. The monoisotopic (exact) mass is 297 g/mol. The highest BCUT2D eigenvalue weighted by Crippen LogP contribution is 2.25. The largest absolute Gasteiger partial charge is 0.481 e. The van der Waals surface area contributed by atoms with E-state index in [1.807, 2.05) is 0 Å². The number of hydrogen-bond acceptors (Lipinski definition) is 2. The zero-order valence-corrected chi connectivity index (χ0v) is 13.4. The smallest absolute Gasteiger partial charge is 0.303 e. The van der Waals surface area contributed by atoms with Gasteiger partial charge in [-0.3, -0.25) is 9.59 Å². The highest BCUT2D eigenvalue weighted by atomic mass is 16.4. The van der Waals surface area contributed by atoms with Crippen molar-refractivity contribution in [3.63, 3.8) is 0 Å². The maximum atomic E-state index is 12.0. The van der Waals surface area contributed by atoms with Crippen molar-refractivity contribution < 1.29 is 14.7 Å². The van der Waals surface area contributed by atoms with Gasteiger partial charge in [-0.2, -0.15) is 0 Å². The second-order valence-corrected chi connectivity index (χ2v) is 6.41. The number of carbonyl (C=O) groups is 2. The lowest BCUT2D eigenvalue weighted by molar-refractivity contribution is -0.137. The molecule has 4 heteroatoms. The van der Waals surface area contributed by atoms with Crippen molar-refractivity contribution in [3.8, 4) is 0 Å². The molecule has 1 rings (SSSR count). The summed E-state index contributed by atoms with van der Waals surface area (Å²) in [5.74, 6) is 0.418. The molecule has 122 valence electrons. The Morgan fingerprint density at radius 2 is 1.81 bits per heavy atom. The van der Waals surface area contributed by atoms with Gasteiger partial charge in [0.15, 0.2) is 0 Å². The van der Waals surface area contributed by atoms with Crippen LogP contribution >= 0.6 is 0 Å². The van der Waals surface area contributed by atoms with Crippen molar-refractivity contribution in [3.05, 3.63) is 0 Å². The summed E-state index contributed by atoms with van der Waals surface area (Å²) in [7, 11) is 0. The van der Waals surface area contributed by atoms with Crippen LogP contribution in [0, 0.1) is 11.8 Å². The molecule has 21 heavy (non-hydrogen) atoms. The molecule has 1 amide bonds. The highest BCUT2D eigenvalue weighted by molar-refractivity contribution is 5.76. The number of carboxylic acid groups (broad SMARTS) is 1. The van der Waals surface area contributed by atoms with E-state index in [2.05, 4.69) is 12.2 Å². The van der Waals surface area contributed by atoms with Crippen LogP contribution in [-0.4, -0.2) is 23.5 Å². The Kier molecular flexibility index (Phi) is 9.11. The van der Waals surface area contributed by atoms with Gasteiger partial charge in [-0.25, -0.2) is 0 Å². The molecule has 2 N–H and O–H groups in total. The van der Waals surface area contributed by atoms with Crippen molar-refractivity contribution in [1.82, 2.24) is 5.32 Å². The first-order chi connectivity index (χ1) is 10.1. The third kappa shape index (κ3) is 8.74. The van der Waals surface area contributed by atoms with Crippen LogP contribution in [0.1, 0.15) is 77.6 Å². The van der Waals surface area contributed by atoms with Crippen LogP contribution in [0.5, 0.6) is 0 Å². The van der Waals surface area contributed by atoms with Crippen molar-refractivity contribution in [2.75, 3.05) is 6.54 Å². The number of carboxylic acids is 1. The van der Waals surface area contributed by atoms with Crippen LogP contribution in [0.25, 0.3) is 0 Å². The molecular weight excluding hydrogens is 266 g/mol. The van der Waals surface area contributed by atoms with E-state index >= 15 is 0 Å². The number of carbonyl (C=O) groups excluding carboxylic acids is 1. The van der Waals surface area contributed by atoms with Gasteiger partial charge in [-0.1, -0.05) is 39.0 Å². The average molecular weight is 297 g/mol. The van der Waals surface area contributed by atoms with E-state index < -0.39 is 5.97 Å². The summed E-state index contributed by atoms with van der Waals surface area (Å²) in [5, 5.41) is 11.7. The van der Waals surface area contributed by atoms with E-state index in [0.717, 1.165) is 12.8 Å². The summed E-state index contributed by atoms with van der Waals surface area (Å²) in [6.07, 6.45) is 11.1. The van der Waals surface area contributed by atoms with Crippen LogP contribution in [0.15, 0.2) is 0 Å². The molecule has 0 aliphatic heterocycles. The lowest BCUT2D eigenvalue weighted by Gasteiger charge is -2.16. The molecular formula is C17H31NO3. The lowest BCUT2D eigenvalue weighted by Crippen LogP contribution is -2.27. The molecule has 1 atom stereocenters. The number of rotatable bonds is 9. The van der Waals surface area contributed by atoms with Crippen LogP contribution < -0.4 is 5.32 Å². The molecule has 4 nitrogen and oxygen atoms in total. The van der Waals surface area contributed by atoms with Crippen molar-refractivity contribution in [1.29, 1.82) is 0 Å². The fourth-order valence-electron chi connectivity index (χ4n) is 3.20. The van der Waals surface area contributed by atoms with Crippen LogP contribution in [-0.2, 0) is 9.59 Å². The number of hydrogen-bond donors (Lipinski definition) is 2. The van der Waals surface area contributed by atoms with E-state index in [1.54, 1.807) is 0 Å². The van der Waals surface area contributed by atoms with E-state index in [0.29, 0.717) is 31.2 Å². The fraction of sp³-hybridized carbons (Fsp3) is 0.882. The van der Waals surface area contributed by atoms with E-state index in [1.165, 1.54) is 38.5 Å². The summed E-state index contributed by atoms with van der Waals surface area (Å²) in [6.45, 7) is 2.77. The van der Waals surface area contributed by atoms with Gasteiger partial charge in [0.2, 0.25) is 5.91 Å². The van der Waals surface area contributed by atoms with E-state index in [-0.39, 0.29) is 12.3 Å². The van der Waals surface area contributed by atoms with Crippen LogP contribution in [0.4, 0.5) is 0 Å². The third-order valence-electron chi connectivity index (χ3n) is 4.67. The summed E-state index contributed by atoms with van der Waals surface area (Å²) >= 11 is 0. The Labute approximate surface area is 128 Å². The van der Waals surface area contributed by atoms with Gasteiger partial charge in [0.25, 0.3) is 0 Å². The molecule has 0 aromatic heterocycles. The molecule has 1 aliphatic carbocycles. The summed E-state index contributed by atoms with van der Waals surface area (Å²) in [4.78, 5) is 22.5. The molecule has 1 aliphatic rings. The van der Waals surface area contributed by atoms with Crippen molar-refractivity contribution in [2.24, 2.45) is 11.8 Å². The molecule has 0 heterocycles. The van der Waals surface area contributed by atoms with Gasteiger partial charge in [0.05, 0.1) is 0 Å². The minimum atomic E-state index is -0.731. The summed E-state index contributed by atoms with van der Waals surface area (Å²) in [5.41, 5.74) is 0. The third-order valence-corrected chi connectivity index (χ3v) is 4.67. The van der Waals surface area contributed by atoms with Crippen molar-refractivity contribution in [2.45, 2.75) is 77.6 Å². The lowest BCUT2D eigenvalue weighted by atomic mass is 9.95. The second-order valence-electron chi connectivity index (χ2n) is 6.41.